The van der Waals surface area contributed by atoms with Gasteiger partial charge in [0.25, 0.3) is 0 Å². The molecule has 1 aromatic heterocycles. The average molecular weight is 306 g/mol. The Kier molecular flexibility index (Phi) is 4.95. The van der Waals surface area contributed by atoms with Crippen molar-refractivity contribution < 1.29 is 27.8 Å². The highest BCUT2D eigenvalue weighted by Gasteiger charge is 2.39. The van der Waals surface area contributed by atoms with Crippen LogP contribution in [0.3, 0.4) is 0 Å². The summed E-state index contributed by atoms with van der Waals surface area (Å²) in [6.45, 7) is 4.73. The van der Waals surface area contributed by atoms with Crippen molar-refractivity contribution in [3.8, 4) is 0 Å². The van der Waals surface area contributed by atoms with Crippen LogP contribution in [0.15, 0.2) is 18.3 Å². The molecular weight excluding hydrogens is 289 g/mol. The molecule has 2 atom stereocenters. The zero-order chi connectivity index (χ0) is 16.4. The molecule has 3 N–H and O–H groups in total. The number of ether oxygens (including phenoxy) is 1. The van der Waals surface area contributed by atoms with E-state index in [-0.39, 0.29) is 0 Å². The fourth-order valence-corrected chi connectivity index (χ4v) is 1.56. The fraction of sp³-hybridized carbons (Fsp3) is 0.538. The number of aliphatic hydroxyl groups excluding tert-OH is 1. The van der Waals surface area contributed by atoms with Crippen LogP contribution in [0.4, 0.5) is 13.2 Å². The molecule has 1 heterocycles. The molecule has 21 heavy (non-hydrogen) atoms. The summed E-state index contributed by atoms with van der Waals surface area (Å²) < 4.78 is 43.4. The van der Waals surface area contributed by atoms with Crippen molar-refractivity contribution in [3.63, 3.8) is 0 Å². The Morgan fingerprint density at radius 2 is 1.95 bits per heavy atom. The van der Waals surface area contributed by atoms with Gasteiger partial charge in [-0.15, -0.1) is 0 Å². The molecule has 2 unspecified atom stereocenters. The van der Waals surface area contributed by atoms with Gasteiger partial charge >= 0.3 is 12.1 Å². The van der Waals surface area contributed by atoms with Crippen molar-refractivity contribution >= 4 is 5.97 Å². The molecule has 0 spiro atoms. The maximum absolute atomic E-state index is 12.8. The van der Waals surface area contributed by atoms with Crippen molar-refractivity contribution in [1.29, 1.82) is 0 Å². The number of aliphatic hydroxyl groups is 1. The van der Waals surface area contributed by atoms with E-state index in [0.29, 0.717) is 0 Å². The molecule has 0 aliphatic heterocycles. The van der Waals surface area contributed by atoms with Crippen LogP contribution in [0.25, 0.3) is 0 Å². The molecule has 0 aliphatic carbocycles. The number of halogens is 3. The fourth-order valence-electron chi connectivity index (χ4n) is 1.56. The summed E-state index contributed by atoms with van der Waals surface area (Å²) >= 11 is 0. The van der Waals surface area contributed by atoms with Crippen molar-refractivity contribution in [2.24, 2.45) is 5.73 Å². The van der Waals surface area contributed by atoms with Gasteiger partial charge in [0.05, 0.1) is 11.3 Å². The lowest BCUT2D eigenvalue weighted by Crippen LogP contribution is -2.42. The quantitative estimate of drug-likeness (QED) is 0.832. The number of carbonyl (C=O) groups is 1. The number of hydrogen-bond donors (Lipinski definition) is 2. The van der Waals surface area contributed by atoms with Gasteiger partial charge in [0.15, 0.2) is 0 Å². The van der Waals surface area contributed by atoms with E-state index in [9.17, 15) is 23.1 Å². The van der Waals surface area contributed by atoms with Crippen LogP contribution in [0.2, 0.25) is 0 Å². The topological polar surface area (TPSA) is 85.4 Å². The van der Waals surface area contributed by atoms with Gasteiger partial charge in [-0.1, -0.05) is 0 Å². The van der Waals surface area contributed by atoms with E-state index in [1.165, 1.54) is 0 Å². The zero-order valence-corrected chi connectivity index (χ0v) is 11.8. The Hall–Kier alpha value is -1.67. The number of alkyl halides is 3. The molecule has 0 saturated carbocycles. The Morgan fingerprint density at radius 1 is 1.38 bits per heavy atom. The largest absolute Gasteiger partial charge is 0.459 e. The predicted molar refractivity (Wildman–Crippen MR) is 68.0 cm³/mol. The van der Waals surface area contributed by atoms with Gasteiger partial charge in [-0.25, -0.2) is 0 Å². The van der Waals surface area contributed by atoms with Crippen LogP contribution < -0.4 is 5.73 Å². The monoisotopic (exact) mass is 306 g/mol. The molecule has 1 aromatic rings. The summed E-state index contributed by atoms with van der Waals surface area (Å²) in [5, 5.41) is 9.91. The average Bonchev–Trinajstić information content (AvgIpc) is 2.34. The minimum absolute atomic E-state index is 0.705. The summed E-state index contributed by atoms with van der Waals surface area (Å²) in [6.07, 6.45) is -5.55. The van der Waals surface area contributed by atoms with Crippen molar-refractivity contribution in [2.45, 2.75) is 44.7 Å². The zero-order valence-electron chi connectivity index (χ0n) is 11.8. The van der Waals surface area contributed by atoms with E-state index >= 15 is 0 Å². The van der Waals surface area contributed by atoms with Crippen LogP contribution >= 0.6 is 0 Å². The van der Waals surface area contributed by atoms with Crippen molar-refractivity contribution in [2.75, 3.05) is 0 Å². The third kappa shape index (κ3) is 4.68. The normalized spacial score (nSPS) is 15.4. The van der Waals surface area contributed by atoms with E-state index in [1.54, 1.807) is 20.8 Å². The molecule has 0 saturated heterocycles. The van der Waals surface area contributed by atoms with Gasteiger partial charge in [0.1, 0.15) is 17.7 Å². The number of pyridine rings is 1. The van der Waals surface area contributed by atoms with E-state index in [2.05, 4.69) is 4.98 Å². The molecule has 0 amide bonds. The molecule has 118 valence electrons. The molecule has 1 rings (SSSR count). The lowest BCUT2D eigenvalue weighted by molar-refractivity contribution is -0.160. The Balaban J connectivity index is 3.04. The SMILES string of the molecule is CC(C)(C)OC(=O)C(N)C(O)c1ncccc1C(F)(F)F. The summed E-state index contributed by atoms with van der Waals surface area (Å²) in [6, 6.07) is 0.172. The van der Waals surface area contributed by atoms with Crippen molar-refractivity contribution in [1.82, 2.24) is 4.98 Å². The first-order valence-corrected chi connectivity index (χ1v) is 6.12. The third-order valence-electron chi connectivity index (χ3n) is 2.44. The first-order chi connectivity index (χ1) is 9.43. The Labute approximate surface area is 119 Å². The molecule has 8 heteroatoms. The number of esters is 1. The lowest BCUT2D eigenvalue weighted by atomic mass is 10.0. The van der Waals surface area contributed by atoms with E-state index in [0.717, 1.165) is 18.3 Å². The lowest BCUT2D eigenvalue weighted by Gasteiger charge is -2.25. The molecular formula is C13H17F3N2O3. The first kappa shape index (κ1) is 17.4. The number of aromatic nitrogens is 1. The molecule has 0 aliphatic rings. The smallest absolute Gasteiger partial charge is 0.418 e. The Morgan fingerprint density at radius 3 is 2.43 bits per heavy atom. The minimum atomic E-state index is -4.71. The molecule has 0 fully saturated rings. The van der Waals surface area contributed by atoms with Gasteiger partial charge in [-0.05, 0) is 32.9 Å². The van der Waals surface area contributed by atoms with Gasteiger partial charge < -0.3 is 15.6 Å². The van der Waals surface area contributed by atoms with Crippen LogP contribution in [0, 0.1) is 0 Å². The highest BCUT2D eigenvalue weighted by Crippen LogP contribution is 2.34. The van der Waals surface area contributed by atoms with Crippen LogP contribution in [-0.4, -0.2) is 27.7 Å². The first-order valence-electron chi connectivity index (χ1n) is 6.12. The number of nitrogens with two attached hydrogens (primary N) is 1. The van der Waals surface area contributed by atoms with Crippen LogP contribution in [-0.2, 0) is 15.7 Å². The molecule has 0 aromatic carbocycles. The maximum Gasteiger partial charge on any atom is 0.418 e. The summed E-state index contributed by atoms with van der Waals surface area (Å²) in [5.74, 6) is -1.01. The van der Waals surface area contributed by atoms with Crippen LogP contribution in [0.1, 0.15) is 38.1 Å². The van der Waals surface area contributed by atoms with E-state index in [1.807, 2.05) is 0 Å². The predicted octanol–water partition coefficient (Wildman–Crippen LogP) is 1.80. The summed E-state index contributed by atoms with van der Waals surface area (Å²) in [7, 11) is 0. The second-order valence-corrected chi connectivity index (χ2v) is 5.44. The van der Waals surface area contributed by atoms with Gasteiger partial charge in [0, 0.05) is 6.20 Å². The minimum Gasteiger partial charge on any atom is -0.459 e. The standard InChI is InChI=1S/C13H17F3N2O3/c1-12(2,3)21-11(20)8(17)10(19)9-7(13(14,15)16)5-4-6-18-9/h4-6,8,10,19H,17H2,1-3H3. The summed E-state index contributed by atoms with van der Waals surface area (Å²) in [4.78, 5) is 15.2. The van der Waals surface area contributed by atoms with E-state index < -0.39 is 41.1 Å². The third-order valence-corrected chi connectivity index (χ3v) is 2.44. The van der Waals surface area contributed by atoms with Crippen LogP contribution in [0.5, 0.6) is 0 Å². The van der Waals surface area contributed by atoms with E-state index in [4.69, 9.17) is 10.5 Å². The number of hydrogen-bond acceptors (Lipinski definition) is 5. The second-order valence-electron chi connectivity index (χ2n) is 5.44. The highest BCUT2D eigenvalue weighted by atomic mass is 19.4. The number of nitrogens with zero attached hydrogens (tertiary/aromatic N) is 1. The second kappa shape index (κ2) is 5.98. The van der Waals surface area contributed by atoms with Gasteiger partial charge in [-0.3, -0.25) is 9.78 Å². The summed E-state index contributed by atoms with van der Waals surface area (Å²) in [5.41, 5.74) is 2.76. The molecule has 5 nitrogen and oxygen atoms in total. The molecule has 0 bridgehead atoms. The van der Waals surface area contributed by atoms with Crippen molar-refractivity contribution in [3.05, 3.63) is 29.6 Å². The maximum atomic E-state index is 12.8. The number of rotatable bonds is 3. The van der Waals surface area contributed by atoms with Gasteiger partial charge in [0.2, 0.25) is 0 Å². The Bertz CT molecular complexity index is 512. The molecule has 0 radical (unpaired) electrons. The van der Waals surface area contributed by atoms with Gasteiger partial charge in [-0.2, -0.15) is 13.2 Å². The highest BCUT2D eigenvalue weighted by molar-refractivity contribution is 5.77. The number of carbonyl (C=O) groups excluding carboxylic acids is 1.